The molecule has 0 fully saturated rings. The lowest BCUT2D eigenvalue weighted by molar-refractivity contribution is -0.157. The number of hydrogen-bond donors (Lipinski definition) is 4. The molecule has 0 aromatic heterocycles. The molecule has 0 aliphatic rings. The Morgan fingerprint density at radius 2 is 1.11 bits per heavy atom. The third-order valence-electron chi connectivity index (χ3n) is 2.29. The van der Waals surface area contributed by atoms with Crippen LogP contribution in [0.1, 0.15) is 12.8 Å². The first-order valence-corrected chi connectivity index (χ1v) is 4.78. The maximum absolute atomic E-state index is 10.8. The molecule has 9 nitrogen and oxygen atoms in total. The number of carbonyl (C=O) groups is 4. The van der Waals surface area contributed by atoms with Crippen molar-refractivity contribution in [1.29, 1.82) is 0 Å². The summed E-state index contributed by atoms with van der Waals surface area (Å²) in [7, 11) is 1.06. The summed E-state index contributed by atoms with van der Waals surface area (Å²) in [5.74, 6) is -5.91. The Morgan fingerprint density at radius 3 is 1.28 bits per heavy atom. The van der Waals surface area contributed by atoms with Crippen molar-refractivity contribution in [2.45, 2.75) is 24.9 Å². The Hall–Kier alpha value is -2.16. The summed E-state index contributed by atoms with van der Waals surface area (Å²) in [5.41, 5.74) is 0. The van der Waals surface area contributed by atoms with Crippen molar-refractivity contribution in [3.05, 3.63) is 0 Å². The number of nitrogens with zero attached hydrogens (tertiary/aromatic N) is 1. The maximum Gasteiger partial charge on any atom is 0.321 e. The quantitative estimate of drug-likeness (QED) is 0.421. The molecular weight excluding hydrogens is 250 g/mol. The highest BCUT2D eigenvalue weighted by Crippen LogP contribution is 2.11. The van der Waals surface area contributed by atoms with Crippen LogP contribution in [0.4, 0.5) is 0 Å². The van der Waals surface area contributed by atoms with Crippen LogP contribution in [0.3, 0.4) is 0 Å². The molecule has 0 aromatic rings. The Bertz CT molecular complexity index is 332. The van der Waals surface area contributed by atoms with Crippen LogP contribution in [-0.2, 0) is 19.2 Å². The second kappa shape index (κ2) is 6.55. The van der Waals surface area contributed by atoms with Crippen molar-refractivity contribution in [3.63, 3.8) is 0 Å². The van der Waals surface area contributed by atoms with Crippen LogP contribution >= 0.6 is 0 Å². The highest BCUT2D eigenvalue weighted by Gasteiger charge is 2.35. The van der Waals surface area contributed by atoms with Gasteiger partial charge in [-0.25, -0.2) is 0 Å². The summed E-state index contributed by atoms with van der Waals surface area (Å²) in [4.78, 5) is 43.4. The molecule has 0 rings (SSSR count). The molecular formula is C9H13NO8. The van der Waals surface area contributed by atoms with Crippen molar-refractivity contribution >= 4 is 23.9 Å². The van der Waals surface area contributed by atoms with Crippen LogP contribution in [0.2, 0.25) is 0 Å². The molecule has 0 saturated heterocycles. The van der Waals surface area contributed by atoms with Crippen LogP contribution in [-0.4, -0.2) is 68.3 Å². The number of carboxylic acids is 4. The van der Waals surface area contributed by atoms with Crippen molar-refractivity contribution < 1.29 is 39.6 Å². The predicted molar refractivity (Wildman–Crippen MR) is 55.1 cm³/mol. The SMILES string of the molecule is CN(C(CC(=O)O)C(=O)O)C(CC(=O)O)C(=O)O. The van der Waals surface area contributed by atoms with Gasteiger partial charge in [0.25, 0.3) is 0 Å². The van der Waals surface area contributed by atoms with Gasteiger partial charge in [0.05, 0.1) is 12.8 Å². The van der Waals surface area contributed by atoms with Crippen LogP contribution in [0.15, 0.2) is 0 Å². The van der Waals surface area contributed by atoms with E-state index < -0.39 is 48.8 Å². The topological polar surface area (TPSA) is 152 Å². The zero-order chi connectivity index (χ0) is 14.5. The van der Waals surface area contributed by atoms with E-state index >= 15 is 0 Å². The van der Waals surface area contributed by atoms with Gasteiger partial charge >= 0.3 is 23.9 Å². The summed E-state index contributed by atoms with van der Waals surface area (Å²) in [6.07, 6.45) is -1.65. The summed E-state index contributed by atoms with van der Waals surface area (Å²) in [6, 6.07) is -3.22. The van der Waals surface area contributed by atoms with E-state index in [4.69, 9.17) is 20.4 Å². The molecule has 0 spiro atoms. The molecule has 4 N–H and O–H groups in total. The van der Waals surface area contributed by atoms with Crippen molar-refractivity contribution in [1.82, 2.24) is 4.90 Å². The highest BCUT2D eigenvalue weighted by atomic mass is 16.4. The van der Waals surface area contributed by atoms with E-state index in [-0.39, 0.29) is 0 Å². The lowest BCUT2D eigenvalue weighted by Gasteiger charge is -2.28. The van der Waals surface area contributed by atoms with Gasteiger partial charge in [0, 0.05) is 0 Å². The van der Waals surface area contributed by atoms with E-state index in [1.54, 1.807) is 0 Å². The van der Waals surface area contributed by atoms with Crippen molar-refractivity contribution in [2.24, 2.45) is 0 Å². The minimum Gasteiger partial charge on any atom is -0.481 e. The number of hydrogen-bond acceptors (Lipinski definition) is 5. The average Bonchev–Trinajstić information content (AvgIpc) is 2.20. The lowest BCUT2D eigenvalue weighted by atomic mass is 10.1. The number of aliphatic carboxylic acids is 4. The zero-order valence-electron chi connectivity index (χ0n) is 9.44. The molecule has 0 saturated carbocycles. The molecule has 0 bridgehead atoms. The molecule has 9 heteroatoms. The molecule has 0 radical (unpaired) electrons. The first-order chi connectivity index (χ1) is 8.16. The molecule has 18 heavy (non-hydrogen) atoms. The van der Waals surface area contributed by atoms with E-state index in [0.29, 0.717) is 4.90 Å². The molecule has 0 aliphatic heterocycles. The molecule has 2 atom stereocenters. The average molecular weight is 263 g/mol. The van der Waals surface area contributed by atoms with E-state index in [2.05, 4.69) is 0 Å². The minimum absolute atomic E-state index is 0.715. The van der Waals surface area contributed by atoms with E-state index in [0.717, 1.165) is 7.05 Å². The van der Waals surface area contributed by atoms with Crippen LogP contribution < -0.4 is 0 Å². The van der Waals surface area contributed by atoms with Gasteiger partial charge in [-0.1, -0.05) is 0 Å². The summed E-state index contributed by atoms with van der Waals surface area (Å²) >= 11 is 0. The minimum atomic E-state index is -1.61. The fourth-order valence-corrected chi connectivity index (χ4v) is 1.36. The molecule has 0 amide bonds. The Kier molecular flexibility index (Phi) is 5.76. The van der Waals surface area contributed by atoms with Crippen molar-refractivity contribution in [3.8, 4) is 0 Å². The second-order valence-corrected chi connectivity index (χ2v) is 3.57. The third kappa shape index (κ3) is 4.78. The molecule has 2 unspecified atom stereocenters. The summed E-state index contributed by atoms with van der Waals surface area (Å²) in [5, 5.41) is 34.7. The van der Waals surface area contributed by atoms with Gasteiger partial charge < -0.3 is 20.4 Å². The van der Waals surface area contributed by atoms with Crippen molar-refractivity contribution in [2.75, 3.05) is 7.05 Å². The van der Waals surface area contributed by atoms with E-state index in [1.165, 1.54) is 0 Å². The monoisotopic (exact) mass is 263 g/mol. The Balaban J connectivity index is 5.05. The largest absolute Gasteiger partial charge is 0.481 e. The van der Waals surface area contributed by atoms with E-state index in [9.17, 15) is 19.2 Å². The number of likely N-dealkylation sites (N-methyl/N-ethyl adjacent to an activating group) is 1. The molecule has 0 aromatic carbocycles. The van der Waals surface area contributed by atoms with Gasteiger partial charge in [-0.05, 0) is 7.05 Å². The van der Waals surface area contributed by atoms with Crippen LogP contribution in [0.5, 0.6) is 0 Å². The first-order valence-electron chi connectivity index (χ1n) is 4.78. The van der Waals surface area contributed by atoms with Crippen LogP contribution in [0, 0.1) is 0 Å². The molecule has 0 heterocycles. The summed E-state index contributed by atoms with van der Waals surface area (Å²) in [6.45, 7) is 0. The summed E-state index contributed by atoms with van der Waals surface area (Å²) < 4.78 is 0. The van der Waals surface area contributed by atoms with Gasteiger partial charge in [-0.3, -0.25) is 24.1 Å². The number of rotatable bonds is 8. The number of carboxylic acid groups (broad SMARTS) is 4. The fraction of sp³-hybridized carbons (Fsp3) is 0.556. The molecule has 0 aliphatic carbocycles. The third-order valence-corrected chi connectivity index (χ3v) is 2.29. The van der Waals surface area contributed by atoms with Gasteiger partial charge in [0.1, 0.15) is 12.1 Å². The maximum atomic E-state index is 10.8. The predicted octanol–water partition coefficient (Wildman–Crippen LogP) is -1.23. The normalized spacial score (nSPS) is 13.9. The van der Waals surface area contributed by atoms with Gasteiger partial charge in [0.15, 0.2) is 0 Å². The smallest absolute Gasteiger partial charge is 0.321 e. The standard InChI is InChI=1S/C9H13NO8/c1-10(4(8(15)16)2-6(11)12)5(9(17)18)3-7(13)14/h4-5H,2-3H2,1H3,(H,11,12)(H,13,14)(H,15,16)(H,17,18). The molecule has 102 valence electrons. The van der Waals surface area contributed by atoms with Gasteiger partial charge in [-0.15, -0.1) is 0 Å². The zero-order valence-corrected chi connectivity index (χ0v) is 9.44. The van der Waals surface area contributed by atoms with Gasteiger partial charge in [-0.2, -0.15) is 0 Å². The second-order valence-electron chi connectivity index (χ2n) is 3.57. The Morgan fingerprint density at radius 1 is 0.833 bits per heavy atom. The van der Waals surface area contributed by atoms with Gasteiger partial charge in [0.2, 0.25) is 0 Å². The lowest BCUT2D eigenvalue weighted by Crippen LogP contribution is -2.50. The first kappa shape index (κ1) is 15.8. The fourth-order valence-electron chi connectivity index (χ4n) is 1.36. The Labute approximate surface area is 101 Å². The highest BCUT2D eigenvalue weighted by molar-refractivity contribution is 5.84. The van der Waals surface area contributed by atoms with Crippen LogP contribution in [0.25, 0.3) is 0 Å². The van der Waals surface area contributed by atoms with E-state index in [1.807, 2.05) is 0 Å².